The number of H-pyrrole nitrogens is 1. The van der Waals surface area contributed by atoms with Crippen LogP contribution in [0, 0.1) is 6.92 Å². The van der Waals surface area contributed by atoms with Gasteiger partial charge in [-0.1, -0.05) is 35.4 Å². The highest BCUT2D eigenvalue weighted by molar-refractivity contribution is 7.50. The lowest BCUT2D eigenvalue weighted by molar-refractivity contribution is -0.142. The molecule has 2 aromatic rings. The highest BCUT2D eigenvalue weighted by Gasteiger charge is 2.39. The molecule has 1 aliphatic rings. The first-order valence-electron chi connectivity index (χ1n) is 10.5. The van der Waals surface area contributed by atoms with Crippen LogP contribution in [0.2, 0.25) is 0 Å². The molecule has 3 N–H and O–H groups in total. The van der Waals surface area contributed by atoms with Gasteiger partial charge in [0.2, 0.25) is 0 Å². The third-order valence-corrected chi connectivity index (χ3v) is 6.50. The van der Waals surface area contributed by atoms with Crippen molar-refractivity contribution < 1.29 is 28.3 Å². The molecule has 0 amide bonds. The summed E-state index contributed by atoms with van der Waals surface area (Å²) in [6.45, 7) is 1.02. The summed E-state index contributed by atoms with van der Waals surface area (Å²) in [5, 5.41) is 5.92. The number of hydrogen-bond donors (Lipinski definition) is 3. The molecule has 0 spiro atoms. The van der Waals surface area contributed by atoms with Crippen LogP contribution in [0.3, 0.4) is 0 Å². The van der Waals surface area contributed by atoms with E-state index in [1.54, 1.807) is 30.3 Å². The van der Waals surface area contributed by atoms with E-state index in [0.29, 0.717) is 0 Å². The number of esters is 1. The molecule has 14 nitrogen and oxygen atoms in total. The topological polar surface area (TPSA) is 198 Å². The molecule has 5 atom stereocenters. The van der Waals surface area contributed by atoms with Gasteiger partial charge in [0, 0.05) is 23.1 Å². The van der Waals surface area contributed by atoms with Crippen LogP contribution in [0.4, 0.5) is 0 Å². The molecule has 0 saturated carbocycles. The Hall–Kier alpha value is -3.25. The summed E-state index contributed by atoms with van der Waals surface area (Å²) in [5.74, 6) is -0.760. The Bertz CT molecular complexity index is 1260. The molecule has 1 aliphatic heterocycles. The highest BCUT2D eigenvalue weighted by Crippen LogP contribution is 2.40. The van der Waals surface area contributed by atoms with Gasteiger partial charge in [-0.15, -0.1) is 0 Å². The minimum Gasteiger partial charge on any atom is -0.468 e. The number of carbonyl (C=O) groups is 1. The first-order chi connectivity index (χ1) is 16.6. The van der Waals surface area contributed by atoms with Crippen molar-refractivity contribution >= 4 is 13.7 Å². The van der Waals surface area contributed by atoms with Crippen LogP contribution in [0.5, 0.6) is 0 Å². The Labute approximate surface area is 199 Å². The van der Waals surface area contributed by atoms with Crippen molar-refractivity contribution in [2.45, 2.75) is 44.2 Å². The number of nitrogens with one attached hydrogen (secondary N) is 2. The maximum atomic E-state index is 12.7. The van der Waals surface area contributed by atoms with E-state index in [4.69, 9.17) is 19.5 Å². The van der Waals surface area contributed by atoms with Gasteiger partial charge in [0.25, 0.3) is 5.56 Å². The number of azide groups is 1. The van der Waals surface area contributed by atoms with Crippen molar-refractivity contribution in [1.82, 2.24) is 14.6 Å². The summed E-state index contributed by atoms with van der Waals surface area (Å²) < 4.78 is 29.5. The second-order valence-electron chi connectivity index (χ2n) is 7.83. The third kappa shape index (κ3) is 6.89. The Morgan fingerprint density at radius 3 is 2.80 bits per heavy atom. The zero-order chi connectivity index (χ0) is 25.6. The van der Waals surface area contributed by atoms with E-state index in [1.165, 1.54) is 13.1 Å². The number of aryl methyl sites for hydroxylation is 1. The Balaban J connectivity index is 1.70. The molecule has 0 aliphatic carbocycles. The van der Waals surface area contributed by atoms with Gasteiger partial charge >= 0.3 is 19.4 Å². The van der Waals surface area contributed by atoms with Crippen molar-refractivity contribution in [2.75, 3.05) is 13.7 Å². The van der Waals surface area contributed by atoms with Crippen LogP contribution in [0.1, 0.15) is 23.8 Å². The SMILES string of the molecule is COC(=O)[C@@H](Cc1ccccc1)NP(=O)(O)OC[C@H]1O[C@@H](n2cc(C)c(=O)[nH]c2=O)CC1N=[N+]=[N-]. The molecule has 2 heterocycles. The predicted octanol–water partition coefficient (Wildman–Crippen LogP) is 1.30. The average molecular weight is 508 g/mol. The van der Waals surface area contributed by atoms with E-state index in [0.717, 1.165) is 17.2 Å². The largest absolute Gasteiger partial charge is 0.468 e. The minimum atomic E-state index is -4.55. The maximum Gasteiger partial charge on any atom is 0.403 e. The minimum absolute atomic E-state index is 0.0609. The van der Waals surface area contributed by atoms with Crippen LogP contribution in [-0.4, -0.2) is 52.3 Å². The van der Waals surface area contributed by atoms with E-state index in [1.807, 2.05) is 0 Å². The Morgan fingerprint density at radius 1 is 1.43 bits per heavy atom. The monoisotopic (exact) mass is 508 g/mol. The van der Waals surface area contributed by atoms with Crippen LogP contribution in [0.15, 0.2) is 51.2 Å². The molecule has 3 rings (SSSR count). The average Bonchev–Trinajstić information content (AvgIpc) is 3.22. The van der Waals surface area contributed by atoms with Crippen molar-refractivity contribution in [2.24, 2.45) is 5.11 Å². The molecular formula is C20H25N6O8P. The van der Waals surface area contributed by atoms with Crippen molar-refractivity contribution in [1.29, 1.82) is 0 Å². The molecule has 0 radical (unpaired) electrons. The number of nitrogens with zero attached hydrogens (tertiary/aromatic N) is 4. The maximum absolute atomic E-state index is 12.7. The molecule has 2 unspecified atom stereocenters. The van der Waals surface area contributed by atoms with Gasteiger partial charge in [-0.2, -0.15) is 0 Å². The molecule has 0 bridgehead atoms. The van der Waals surface area contributed by atoms with Gasteiger partial charge in [0.15, 0.2) is 0 Å². The Kier molecular flexibility index (Phi) is 8.62. The van der Waals surface area contributed by atoms with E-state index >= 15 is 0 Å². The molecule has 15 heteroatoms. The standard InChI is InChI=1S/C20H25N6O8P/c1-12-10-26(20(29)22-18(12)27)17-9-14(23-25-21)16(34-17)11-33-35(30,31)24-15(19(28)32-2)8-13-6-4-3-5-7-13/h3-7,10,14-17H,8-9,11H2,1-2H3,(H,22,27,29)(H2,24,30,31)/t14?,15-,16-,17-/m1/s1. The summed E-state index contributed by atoms with van der Waals surface area (Å²) in [6, 6.07) is 6.81. The number of hydrogen-bond acceptors (Lipinski definition) is 8. The van der Waals surface area contributed by atoms with Crippen LogP contribution in [0.25, 0.3) is 10.4 Å². The van der Waals surface area contributed by atoms with Crippen LogP contribution >= 0.6 is 7.75 Å². The third-order valence-electron chi connectivity index (χ3n) is 5.36. The van der Waals surface area contributed by atoms with Gasteiger partial charge in [-0.3, -0.25) is 23.7 Å². The van der Waals surface area contributed by atoms with Crippen molar-refractivity contribution in [3.8, 4) is 0 Å². The first-order valence-corrected chi connectivity index (χ1v) is 12.1. The van der Waals surface area contributed by atoms with Gasteiger partial charge < -0.3 is 14.4 Å². The number of methoxy groups -OCH3 is 1. The highest BCUT2D eigenvalue weighted by atomic mass is 31.2. The fraction of sp³-hybridized carbons (Fsp3) is 0.450. The number of ether oxygens (including phenoxy) is 2. The lowest BCUT2D eigenvalue weighted by atomic mass is 10.1. The molecular weight excluding hydrogens is 483 g/mol. The molecule has 1 aromatic heterocycles. The van der Waals surface area contributed by atoms with Gasteiger partial charge in [-0.05, 0) is 24.4 Å². The number of benzene rings is 1. The number of rotatable bonds is 10. The van der Waals surface area contributed by atoms with Crippen LogP contribution < -0.4 is 16.3 Å². The summed E-state index contributed by atoms with van der Waals surface area (Å²) in [4.78, 5) is 51.2. The van der Waals surface area contributed by atoms with E-state index in [9.17, 15) is 23.8 Å². The summed E-state index contributed by atoms with van der Waals surface area (Å²) in [7, 11) is -3.39. The summed E-state index contributed by atoms with van der Waals surface area (Å²) >= 11 is 0. The van der Waals surface area contributed by atoms with E-state index < -0.39 is 56.0 Å². The van der Waals surface area contributed by atoms with Gasteiger partial charge in [-0.25, -0.2) is 14.4 Å². The second-order valence-corrected chi connectivity index (χ2v) is 9.38. The normalized spacial score (nSPS) is 22.1. The number of aromatic nitrogens is 2. The fourth-order valence-corrected chi connectivity index (χ4v) is 4.62. The molecule has 1 aromatic carbocycles. The molecule has 188 valence electrons. The second kappa shape index (κ2) is 11.5. The predicted molar refractivity (Wildman–Crippen MR) is 122 cm³/mol. The quantitative estimate of drug-likeness (QED) is 0.139. The first kappa shape index (κ1) is 26.4. The van der Waals surface area contributed by atoms with Crippen molar-refractivity contribution in [3.05, 3.63) is 78.9 Å². The lowest BCUT2D eigenvalue weighted by Gasteiger charge is -2.22. The molecule has 1 saturated heterocycles. The summed E-state index contributed by atoms with van der Waals surface area (Å²) in [5.41, 5.74) is 8.62. The van der Waals surface area contributed by atoms with Gasteiger partial charge in [0.1, 0.15) is 12.3 Å². The van der Waals surface area contributed by atoms with E-state index in [-0.39, 0.29) is 18.4 Å². The fourth-order valence-electron chi connectivity index (χ4n) is 3.61. The van der Waals surface area contributed by atoms with Crippen LogP contribution in [-0.2, 0) is 29.8 Å². The molecule has 1 fully saturated rings. The lowest BCUT2D eigenvalue weighted by Crippen LogP contribution is -2.38. The van der Waals surface area contributed by atoms with E-state index in [2.05, 4.69) is 20.1 Å². The summed E-state index contributed by atoms with van der Waals surface area (Å²) in [6.07, 6.45) is -0.451. The number of aromatic amines is 1. The zero-order valence-corrected chi connectivity index (χ0v) is 19.8. The smallest absolute Gasteiger partial charge is 0.403 e. The zero-order valence-electron chi connectivity index (χ0n) is 18.9. The van der Waals surface area contributed by atoms with Gasteiger partial charge in [0.05, 0.1) is 25.9 Å². The Morgan fingerprint density at radius 2 is 2.14 bits per heavy atom. The van der Waals surface area contributed by atoms with Crippen molar-refractivity contribution in [3.63, 3.8) is 0 Å². The molecule has 35 heavy (non-hydrogen) atoms. The number of carbonyl (C=O) groups excluding carboxylic acids is 1.